The number of aromatic nitrogens is 2. The Balaban J connectivity index is 1.54. The molecule has 2 heterocycles. The van der Waals surface area contributed by atoms with Gasteiger partial charge >= 0.3 is 0 Å². The summed E-state index contributed by atoms with van der Waals surface area (Å²) in [5, 5.41) is 3.01. The Labute approximate surface area is 126 Å². The molecular weight excluding hydrogens is 286 g/mol. The Morgan fingerprint density at radius 2 is 2.14 bits per heavy atom. The van der Waals surface area contributed by atoms with Crippen molar-refractivity contribution in [2.45, 2.75) is 37.8 Å². The van der Waals surface area contributed by atoms with Gasteiger partial charge in [-0.15, -0.1) is 0 Å². The van der Waals surface area contributed by atoms with Crippen LogP contribution in [-0.4, -0.2) is 26.7 Å². The standard InChI is InChI=1S/C14H17N5OS/c20-14(12-8-4-1-2-5-9(8)16-17-12)15-10-6-3-7-11-13(10)19-21-18-11/h3,6-9,12,16-17H,1-2,4-5H2,(H,15,20). The normalized spacial score (nSPS) is 28.5. The summed E-state index contributed by atoms with van der Waals surface area (Å²) in [6.07, 6.45) is 4.70. The minimum Gasteiger partial charge on any atom is -0.323 e. The van der Waals surface area contributed by atoms with Crippen LogP contribution >= 0.6 is 11.7 Å². The average molecular weight is 303 g/mol. The molecule has 1 amide bonds. The van der Waals surface area contributed by atoms with Crippen LogP contribution in [0.3, 0.4) is 0 Å². The van der Waals surface area contributed by atoms with E-state index in [2.05, 4.69) is 24.9 Å². The van der Waals surface area contributed by atoms with Crippen molar-refractivity contribution in [1.82, 2.24) is 19.6 Å². The zero-order valence-corrected chi connectivity index (χ0v) is 12.3. The van der Waals surface area contributed by atoms with E-state index in [1.54, 1.807) is 0 Å². The minimum absolute atomic E-state index is 0.0115. The van der Waals surface area contributed by atoms with Crippen LogP contribution < -0.4 is 16.2 Å². The lowest BCUT2D eigenvalue weighted by Gasteiger charge is -2.26. The Kier molecular flexibility index (Phi) is 3.33. The third-order valence-electron chi connectivity index (χ3n) is 4.50. The Morgan fingerprint density at radius 3 is 3.10 bits per heavy atom. The van der Waals surface area contributed by atoms with E-state index in [1.165, 1.54) is 24.6 Å². The largest absolute Gasteiger partial charge is 0.323 e. The second-order valence-corrected chi connectivity index (χ2v) is 6.28. The van der Waals surface area contributed by atoms with Gasteiger partial charge in [-0.3, -0.25) is 10.2 Å². The smallest absolute Gasteiger partial charge is 0.243 e. The first kappa shape index (κ1) is 13.1. The van der Waals surface area contributed by atoms with Gasteiger partial charge in [0.25, 0.3) is 0 Å². The van der Waals surface area contributed by atoms with Crippen LogP contribution in [0.4, 0.5) is 5.69 Å². The third kappa shape index (κ3) is 2.31. The van der Waals surface area contributed by atoms with E-state index in [-0.39, 0.29) is 11.9 Å². The van der Waals surface area contributed by atoms with Crippen LogP contribution in [0.2, 0.25) is 0 Å². The van der Waals surface area contributed by atoms with Crippen LogP contribution in [0.5, 0.6) is 0 Å². The highest BCUT2D eigenvalue weighted by Crippen LogP contribution is 2.31. The number of carbonyl (C=O) groups excluding carboxylic acids is 1. The maximum atomic E-state index is 12.6. The van der Waals surface area contributed by atoms with Crippen molar-refractivity contribution in [1.29, 1.82) is 0 Å². The monoisotopic (exact) mass is 303 g/mol. The Hall–Kier alpha value is -1.57. The lowest BCUT2D eigenvalue weighted by Crippen LogP contribution is -2.42. The summed E-state index contributed by atoms with van der Waals surface area (Å²) in [6, 6.07) is 5.93. The van der Waals surface area contributed by atoms with Crippen LogP contribution in [0.1, 0.15) is 25.7 Å². The first-order valence-electron chi connectivity index (χ1n) is 7.36. The average Bonchev–Trinajstić information content (AvgIpc) is 3.14. The molecule has 2 aliphatic rings. The second kappa shape index (κ2) is 5.32. The molecule has 1 saturated heterocycles. The topological polar surface area (TPSA) is 78.9 Å². The molecule has 2 fully saturated rings. The van der Waals surface area contributed by atoms with Gasteiger partial charge in [0, 0.05) is 12.0 Å². The number of rotatable bonds is 2. The summed E-state index contributed by atoms with van der Waals surface area (Å²) < 4.78 is 8.46. The number of hydrogen-bond donors (Lipinski definition) is 3. The molecule has 1 aliphatic carbocycles. The van der Waals surface area contributed by atoms with Crippen LogP contribution in [0.15, 0.2) is 18.2 Å². The first-order chi connectivity index (χ1) is 10.3. The van der Waals surface area contributed by atoms with E-state index in [0.29, 0.717) is 12.0 Å². The van der Waals surface area contributed by atoms with Gasteiger partial charge < -0.3 is 5.32 Å². The molecule has 1 aromatic carbocycles. The number of fused-ring (bicyclic) bond motifs is 2. The van der Waals surface area contributed by atoms with E-state index in [4.69, 9.17) is 0 Å². The van der Waals surface area contributed by atoms with E-state index < -0.39 is 0 Å². The van der Waals surface area contributed by atoms with Gasteiger partial charge in [-0.25, -0.2) is 5.43 Å². The van der Waals surface area contributed by atoms with Crippen molar-refractivity contribution in [3.05, 3.63) is 18.2 Å². The molecule has 4 rings (SSSR count). The van der Waals surface area contributed by atoms with Crippen molar-refractivity contribution >= 4 is 34.4 Å². The maximum Gasteiger partial charge on any atom is 0.243 e. The van der Waals surface area contributed by atoms with Crippen molar-refractivity contribution in [3.63, 3.8) is 0 Å². The zero-order valence-electron chi connectivity index (χ0n) is 11.5. The van der Waals surface area contributed by atoms with Crippen LogP contribution in [0, 0.1) is 5.92 Å². The van der Waals surface area contributed by atoms with Crippen molar-refractivity contribution in [2.24, 2.45) is 5.92 Å². The number of nitrogens with one attached hydrogen (secondary N) is 3. The summed E-state index contributed by atoms with van der Waals surface area (Å²) >= 11 is 1.17. The molecule has 0 radical (unpaired) electrons. The van der Waals surface area contributed by atoms with Crippen molar-refractivity contribution in [2.75, 3.05) is 5.32 Å². The molecule has 7 heteroatoms. The summed E-state index contributed by atoms with van der Waals surface area (Å²) in [5.74, 6) is 0.393. The number of hydrogen-bond acceptors (Lipinski definition) is 6. The molecular formula is C14H17N5OS. The number of hydrazine groups is 1. The van der Waals surface area contributed by atoms with Crippen molar-refractivity contribution < 1.29 is 4.79 Å². The van der Waals surface area contributed by atoms with Gasteiger partial charge in [-0.1, -0.05) is 18.9 Å². The molecule has 1 aromatic heterocycles. The number of anilines is 1. The molecule has 3 unspecified atom stereocenters. The predicted molar refractivity (Wildman–Crippen MR) is 81.9 cm³/mol. The second-order valence-electron chi connectivity index (χ2n) is 5.75. The Morgan fingerprint density at radius 1 is 1.24 bits per heavy atom. The van der Waals surface area contributed by atoms with Crippen molar-refractivity contribution in [3.8, 4) is 0 Å². The highest BCUT2D eigenvalue weighted by molar-refractivity contribution is 7.00. The molecule has 1 saturated carbocycles. The molecule has 0 bridgehead atoms. The lowest BCUT2D eigenvalue weighted by molar-refractivity contribution is -0.118. The van der Waals surface area contributed by atoms with Gasteiger partial charge in [-0.2, -0.15) is 8.75 Å². The van der Waals surface area contributed by atoms with Gasteiger partial charge in [-0.05, 0) is 25.0 Å². The number of amides is 1. The van der Waals surface area contributed by atoms with Gasteiger partial charge in [0.1, 0.15) is 17.1 Å². The number of benzene rings is 1. The fourth-order valence-corrected chi connectivity index (χ4v) is 3.97. The van der Waals surface area contributed by atoms with E-state index in [0.717, 1.165) is 29.6 Å². The third-order valence-corrected chi connectivity index (χ3v) is 5.04. The molecule has 21 heavy (non-hydrogen) atoms. The molecule has 3 N–H and O–H groups in total. The summed E-state index contributed by atoms with van der Waals surface area (Å²) in [7, 11) is 0. The molecule has 3 atom stereocenters. The molecule has 2 aromatic rings. The Bertz CT molecular complexity index is 672. The van der Waals surface area contributed by atoms with E-state index in [1.807, 2.05) is 18.2 Å². The fourth-order valence-electron chi connectivity index (χ4n) is 3.42. The van der Waals surface area contributed by atoms with Crippen LogP contribution in [-0.2, 0) is 4.79 Å². The maximum absolute atomic E-state index is 12.6. The SMILES string of the molecule is O=C(Nc1cccc2nsnc12)C1NNC2CCCCC21. The summed E-state index contributed by atoms with van der Waals surface area (Å²) in [6.45, 7) is 0. The molecule has 0 spiro atoms. The zero-order chi connectivity index (χ0) is 14.2. The highest BCUT2D eigenvalue weighted by atomic mass is 32.1. The molecule has 110 valence electrons. The van der Waals surface area contributed by atoms with Gasteiger partial charge in [0.2, 0.25) is 5.91 Å². The highest BCUT2D eigenvalue weighted by Gasteiger charge is 2.41. The lowest BCUT2D eigenvalue weighted by atomic mass is 9.81. The van der Waals surface area contributed by atoms with E-state index >= 15 is 0 Å². The number of carbonyl (C=O) groups is 1. The predicted octanol–water partition coefficient (Wildman–Crippen LogP) is 1.66. The first-order valence-corrected chi connectivity index (χ1v) is 8.09. The summed E-state index contributed by atoms with van der Waals surface area (Å²) in [5.41, 5.74) is 8.77. The van der Waals surface area contributed by atoms with Gasteiger partial charge in [0.15, 0.2) is 0 Å². The summed E-state index contributed by atoms with van der Waals surface area (Å²) in [4.78, 5) is 12.6. The van der Waals surface area contributed by atoms with Crippen LogP contribution in [0.25, 0.3) is 11.0 Å². The molecule has 6 nitrogen and oxygen atoms in total. The fraction of sp³-hybridized carbons (Fsp3) is 0.500. The minimum atomic E-state index is -0.169. The van der Waals surface area contributed by atoms with Gasteiger partial charge in [0.05, 0.1) is 17.4 Å². The number of nitrogens with zero attached hydrogens (tertiary/aromatic N) is 2. The molecule has 1 aliphatic heterocycles. The van der Waals surface area contributed by atoms with E-state index in [9.17, 15) is 4.79 Å². The quantitative estimate of drug-likeness (QED) is 0.786.